The van der Waals surface area contributed by atoms with E-state index in [2.05, 4.69) is 11.3 Å². The average molecular weight is 420 g/mol. The van der Waals surface area contributed by atoms with Gasteiger partial charge in [0.25, 0.3) is 10.0 Å². The number of benzene rings is 1. The van der Waals surface area contributed by atoms with Crippen LogP contribution in [0.15, 0.2) is 34.2 Å². The standard InChI is InChI=1S/C21H29N3O4S/c1-4-17-6-8-18(9-7-17)20-16(2)21(22-29(20,26)27)24-12-5-11-23(13-14-24)19(25)10-15-28-3/h6-9H,4-5,10-15H2,1-3H3. The minimum absolute atomic E-state index is 0.0682. The first-order valence-electron chi connectivity index (χ1n) is 10.0. The summed E-state index contributed by atoms with van der Waals surface area (Å²) < 4.78 is 34.7. The summed E-state index contributed by atoms with van der Waals surface area (Å²) in [4.78, 5) is 16.4. The van der Waals surface area contributed by atoms with E-state index in [0.717, 1.165) is 18.4 Å². The number of nitrogens with zero attached hydrogens (tertiary/aromatic N) is 3. The molecule has 2 aliphatic rings. The number of hydrogen-bond acceptors (Lipinski definition) is 5. The number of carbonyl (C=O) groups is 1. The highest BCUT2D eigenvalue weighted by atomic mass is 32.2. The largest absolute Gasteiger partial charge is 0.384 e. The fourth-order valence-corrected chi connectivity index (χ4v) is 5.28. The van der Waals surface area contributed by atoms with Crippen molar-refractivity contribution < 1.29 is 17.9 Å². The molecule has 1 aromatic carbocycles. The van der Waals surface area contributed by atoms with Crippen LogP contribution in [0, 0.1) is 0 Å². The van der Waals surface area contributed by atoms with Gasteiger partial charge in [0.1, 0.15) is 10.7 Å². The number of amidine groups is 1. The lowest BCUT2D eigenvalue weighted by Gasteiger charge is -2.23. The third kappa shape index (κ3) is 4.70. The van der Waals surface area contributed by atoms with Crippen molar-refractivity contribution in [3.63, 3.8) is 0 Å². The van der Waals surface area contributed by atoms with E-state index in [0.29, 0.717) is 56.2 Å². The van der Waals surface area contributed by atoms with Gasteiger partial charge in [-0.05, 0) is 30.9 Å². The van der Waals surface area contributed by atoms with E-state index in [9.17, 15) is 13.2 Å². The van der Waals surface area contributed by atoms with Crippen LogP contribution >= 0.6 is 0 Å². The van der Waals surface area contributed by atoms with Crippen LogP contribution in [-0.4, -0.2) is 69.9 Å². The minimum Gasteiger partial charge on any atom is -0.384 e. The number of methoxy groups -OCH3 is 1. The van der Waals surface area contributed by atoms with Gasteiger partial charge in [0, 0.05) is 38.9 Å². The molecule has 0 N–H and O–H groups in total. The van der Waals surface area contributed by atoms with Gasteiger partial charge in [0.2, 0.25) is 5.91 Å². The molecule has 8 heteroatoms. The molecule has 0 radical (unpaired) electrons. The fraction of sp³-hybridized carbons (Fsp3) is 0.524. The second-order valence-electron chi connectivity index (χ2n) is 7.36. The van der Waals surface area contributed by atoms with E-state index in [1.54, 1.807) is 7.11 Å². The van der Waals surface area contributed by atoms with Crippen molar-refractivity contribution in [3.8, 4) is 0 Å². The van der Waals surface area contributed by atoms with Crippen LogP contribution in [0.2, 0.25) is 0 Å². The summed E-state index contributed by atoms with van der Waals surface area (Å²) in [6.45, 7) is 6.73. The Morgan fingerprint density at radius 3 is 2.52 bits per heavy atom. The molecule has 2 heterocycles. The van der Waals surface area contributed by atoms with E-state index in [-0.39, 0.29) is 10.8 Å². The highest BCUT2D eigenvalue weighted by molar-refractivity contribution is 8.00. The molecule has 2 aliphatic heterocycles. The zero-order valence-corrected chi connectivity index (χ0v) is 18.2. The van der Waals surface area contributed by atoms with Gasteiger partial charge in [-0.2, -0.15) is 8.42 Å². The van der Waals surface area contributed by atoms with E-state index in [4.69, 9.17) is 4.74 Å². The van der Waals surface area contributed by atoms with Crippen LogP contribution in [-0.2, 0) is 26.0 Å². The maximum absolute atomic E-state index is 12.8. The summed E-state index contributed by atoms with van der Waals surface area (Å²) in [7, 11) is -2.15. The van der Waals surface area contributed by atoms with Gasteiger partial charge in [-0.15, -0.1) is 4.40 Å². The summed E-state index contributed by atoms with van der Waals surface area (Å²) in [5.74, 6) is 0.574. The topological polar surface area (TPSA) is 79.3 Å². The molecule has 0 aromatic heterocycles. The van der Waals surface area contributed by atoms with Crippen molar-refractivity contribution in [2.45, 2.75) is 33.1 Å². The molecule has 0 unspecified atom stereocenters. The number of rotatable bonds is 5. The summed E-state index contributed by atoms with van der Waals surface area (Å²) in [6, 6.07) is 7.62. The number of amides is 1. The first-order chi connectivity index (χ1) is 13.9. The van der Waals surface area contributed by atoms with Gasteiger partial charge in [-0.25, -0.2) is 0 Å². The van der Waals surface area contributed by atoms with E-state index in [1.807, 2.05) is 41.0 Å². The molecule has 0 saturated carbocycles. The Bertz CT molecular complexity index is 920. The van der Waals surface area contributed by atoms with Crippen LogP contribution < -0.4 is 0 Å². The highest BCUT2D eigenvalue weighted by Crippen LogP contribution is 2.34. The quantitative estimate of drug-likeness (QED) is 0.732. The smallest absolute Gasteiger partial charge is 0.285 e. The van der Waals surface area contributed by atoms with Crippen molar-refractivity contribution >= 4 is 26.7 Å². The monoisotopic (exact) mass is 419 g/mol. The number of aryl methyl sites for hydroxylation is 1. The number of sulfonamides is 1. The van der Waals surface area contributed by atoms with Crippen LogP contribution in [0.4, 0.5) is 0 Å². The number of hydrogen-bond donors (Lipinski definition) is 0. The third-order valence-corrected chi connectivity index (χ3v) is 6.90. The van der Waals surface area contributed by atoms with Crippen LogP contribution in [0.1, 0.15) is 37.8 Å². The Labute approximate surface area is 173 Å². The molecule has 0 bridgehead atoms. The molecule has 29 heavy (non-hydrogen) atoms. The van der Waals surface area contributed by atoms with Crippen molar-refractivity contribution in [1.29, 1.82) is 0 Å². The Balaban J connectivity index is 1.80. The molecule has 1 aromatic rings. The zero-order chi connectivity index (χ0) is 21.0. The Morgan fingerprint density at radius 1 is 1.14 bits per heavy atom. The van der Waals surface area contributed by atoms with E-state index >= 15 is 0 Å². The number of carbonyl (C=O) groups excluding carboxylic acids is 1. The van der Waals surface area contributed by atoms with Crippen LogP contribution in [0.5, 0.6) is 0 Å². The Hall–Kier alpha value is -2.19. The maximum atomic E-state index is 12.8. The first kappa shape index (κ1) is 21.5. The maximum Gasteiger partial charge on any atom is 0.285 e. The Morgan fingerprint density at radius 2 is 1.86 bits per heavy atom. The summed E-state index contributed by atoms with van der Waals surface area (Å²) >= 11 is 0. The molecule has 1 amide bonds. The van der Waals surface area contributed by atoms with Crippen LogP contribution in [0.25, 0.3) is 4.91 Å². The molecular weight excluding hydrogens is 390 g/mol. The highest BCUT2D eigenvalue weighted by Gasteiger charge is 2.34. The van der Waals surface area contributed by atoms with Gasteiger partial charge in [0.15, 0.2) is 0 Å². The first-order valence-corrected chi connectivity index (χ1v) is 11.5. The minimum atomic E-state index is -3.73. The van der Waals surface area contributed by atoms with Gasteiger partial charge < -0.3 is 14.5 Å². The summed E-state index contributed by atoms with van der Waals surface area (Å²) in [5.41, 5.74) is 2.51. The lowest BCUT2D eigenvalue weighted by atomic mass is 10.1. The zero-order valence-electron chi connectivity index (χ0n) is 17.3. The molecule has 0 spiro atoms. The van der Waals surface area contributed by atoms with Gasteiger partial charge in [-0.3, -0.25) is 4.79 Å². The second-order valence-corrected chi connectivity index (χ2v) is 8.90. The van der Waals surface area contributed by atoms with Crippen molar-refractivity contribution in [2.24, 2.45) is 4.40 Å². The summed E-state index contributed by atoms with van der Waals surface area (Å²) in [5, 5.41) is 0. The SMILES string of the molecule is CCc1ccc(C2=C(C)C(N3CCCN(C(=O)CCOC)CC3)=NS2(=O)=O)cc1. The molecule has 3 rings (SSSR count). The molecule has 7 nitrogen and oxygen atoms in total. The molecule has 0 aliphatic carbocycles. The molecule has 1 saturated heterocycles. The van der Waals surface area contributed by atoms with E-state index in [1.165, 1.54) is 0 Å². The lowest BCUT2D eigenvalue weighted by molar-refractivity contribution is -0.131. The predicted molar refractivity (Wildman–Crippen MR) is 114 cm³/mol. The van der Waals surface area contributed by atoms with Crippen LogP contribution in [0.3, 0.4) is 0 Å². The number of ether oxygens (including phenoxy) is 1. The van der Waals surface area contributed by atoms with Gasteiger partial charge in [-0.1, -0.05) is 31.2 Å². The Kier molecular flexibility index (Phi) is 6.74. The molecule has 1 fully saturated rings. The van der Waals surface area contributed by atoms with Gasteiger partial charge >= 0.3 is 0 Å². The predicted octanol–water partition coefficient (Wildman–Crippen LogP) is 2.29. The normalized spacial score (nSPS) is 19.3. The average Bonchev–Trinajstić information content (AvgIpc) is 2.86. The van der Waals surface area contributed by atoms with Crippen molar-refractivity contribution in [3.05, 3.63) is 41.0 Å². The van der Waals surface area contributed by atoms with Crippen molar-refractivity contribution in [1.82, 2.24) is 9.80 Å². The molecule has 158 valence electrons. The second kappa shape index (κ2) is 9.09. The summed E-state index contributed by atoms with van der Waals surface area (Å²) in [6.07, 6.45) is 2.04. The molecular formula is C21H29N3O4S. The fourth-order valence-electron chi connectivity index (χ4n) is 3.80. The molecule has 0 atom stereocenters. The lowest BCUT2D eigenvalue weighted by Crippen LogP contribution is -2.37. The van der Waals surface area contributed by atoms with Gasteiger partial charge in [0.05, 0.1) is 13.0 Å². The van der Waals surface area contributed by atoms with E-state index < -0.39 is 10.0 Å². The van der Waals surface area contributed by atoms with Crippen molar-refractivity contribution in [2.75, 3.05) is 39.9 Å². The third-order valence-electron chi connectivity index (χ3n) is 5.43.